The molecule has 0 aromatic carbocycles. The highest BCUT2D eigenvalue weighted by molar-refractivity contribution is 5.70. The summed E-state index contributed by atoms with van der Waals surface area (Å²) in [6.07, 6.45) is 4.80. The van der Waals surface area contributed by atoms with E-state index in [1.54, 1.807) is 12.5 Å². The van der Waals surface area contributed by atoms with Crippen LogP contribution >= 0.6 is 0 Å². The fraction of sp³-hybridized carbons (Fsp3) is 0.600. The van der Waals surface area contributed by atoms with Gasteiger partial charge in [-0.1, -0.05) is 0 Å². The van der Waals surface area contributed by atoms with Gasteiger partial charge < -0.3 is 10.1 Å². The lowest BCUT2D eigenvalue weighted by atomic mass is 9.90. The van der Waals surface area contributed by atoms with Crippen LogP contribution < -0.4 is 0 Å². The molecule has 0 bridgehead atoms. The van der Waals surface area contributed by atoms with Crippen molar-refractivity contribution in [2.45, 2.75) is 18.9 Å². The first-order chi connectivity index (χ1) is 7.18. The summed E-state index contributed by atoms with van der Waals surface area (Å²) >= 11 is 0. The molecule has 0 spiro atoms. The van der Waals surface area contributed by atoms with E-state index in [-0.39, 0.29) is 12.0 Å². The molecule has 2 rings (SSSR count). The Morgan fingerprint density at radius 2 is 2.53 bits per heavy atom. The van der Waals surface area contributed by atoms with Crippen LogP contribution in [0, 0.1) is 5.92 Å². The third kappa shape index (κ3) is 2.02. The molecular formula is C10H15N3O2. The van der Waals surface area contributed by atoms with Gasteiger partial charge in [0.25, 0.3) is 0 Å². The van der Waals surface area contributed by atoms with Crippen molar-refractivity contribution in [3.8, 4) is 0 Å². The average molecular weight is 209 g/mol. The zero-order chi connectivity index (χ0) is 10.8. The molecule has 82 valence electrons. The first-order valence-electron chi connectivity index (χ1n) is 5.10. The summed E-state index contributed by atoms with van der Waals surface area (Å²) < 4.78 is 0. The zero-order valence-corrected chi connectivity index (χ0v) is 8.68. The summed E-state index contributed by atoms with van der Waals surface area (Å²) in [5.74, 6) is -0.915. The van der Waals surface area contributed by atoms with Crippen molar-refractivity contribution >= 4 is 5.97 Å². The number of piperidine rings is 1. The van der Waals surface area contributed by atoms with Gasteiger partial charge in [0.1, 0.15) is 0 Å². The van der Waals surface area contributed by atoms with Crippen LogP contribution in [0.1, 0.15) is 24.6 Å². The molecule has 2 atom stereocenters. The molecule has 1 aromatic heterocycles. The maximum Gasteiger partial charge on any atom is 0.306 e. The number of nitrogens with one attached hydrogen (secondary N) is 1. The highest BCUT2D eigenvalue weighted by atomic mass is 16.4. The Morgan fingerprint density at radius 1 is 1.73 bits per heavy atom. The van der Waals surface area contributed by atoms with E-state index in [1.165, 1.54) is 0 Å². The van der Waals surface area contributed by atoms with Crippen LogP contribution in [0.2, 0.25) is 0 Å². The van der Waals surface area contributed by atoms with Gasteiger partial charge in [0, 0.05) is 6.20 Å². The van der Waals surface area contributed by atoms with Gasteiger partial charge in [-0.25, -0.2) is 4.98 Å². The van der Waals surface area contributed by atoms with E-state index < -0.39 is 5.97 Å². The molecular weight excluding hydrogens is 194 g/mol. The van der Waals surface area contributed by atoms with Gasteiger partial charge in [-0.05, 0) is 26.4 Å². The number of carbonyl (C=O) groups is 1. The number of H-pyrrole nitrogens is 1. The van der Waals surface area contributed by atoms with E-state index in [4.69, 9.17) is 5.11 Å². The second-order valence-electron chi connectivity index (χ2n) is 4.06. The highest BCUT2D eigenvalue weighted by Crippen LogP contribution is 2.31. The number of aliphatic carboxylic acids is 1. The van der Waals surface area contributed by atoms with Gasteiger partial charge in [-0.3, -0.25) is 9.69 Å². The molecule has 15 heavy (non-hydrogen) atoms. The molecule has 2 heterocycles. The molecule has 0 aliphatic carbocycles. The van der Waals surface area contributed by atoms with Crippen LogP contribution in [0.3, 0.4) is 0 Å². The van der Waals surface area contributed by atoms with Crippen molar-refractivity contribution in [3.05, 3.63) is 18.2 Å². The minimum absolute atomic E-state index is 0.155. The quantitative estimate of drug-likeness (QED) is 0.758. The van der Waals surface area contributed by atoms with Gasteiger partial charge in [-0.2, -0.15) is 0 Å². The Hall–Kier alpha value is -1.36. The van der Waals surface area contributed by atoms with Crippen LogP contribution in [0.5, 0.6) is 0 Å². The SMILES string of the molecule is CN1CCC(C(=O)O)CC1c1cnc[nH]1. The van der Waals surface area contributed by atoms with Gasteiger partial charge in [0.05, 0.1) is 24.0 Å². The van der Waals surface area contributed by atoms with Crippen LogP contribution in [0.4, 0.5) is 0 Å². The summed E-state index contributed by atoms with van der Waals surface area (Å²) in [4.78, 5) is 20.1. The number of hydrogen-bond donors (Lipinski definition) is 2. The third-order valence-electron chi connectivity index (χ3n) is 3.10. The molecule has 1 fully saturated rings. The molecule has 1 aliphatic heterocycles. The number of carboxylic acid groups (broad SMARTS) is 1. The van der Waals surface area contributed by atoms with Crippen molar-refractivity contribution in [3.63, 3.8) is 0 Å². The van der Waals surface area contributed by atoms with Crippen LogP contribution in [0.25, 0.3) is 0 Å². The van der Waals surface area contributed by atoms with E-state index in [0.717, 1.165) is 18.7 Å². The fourth-order valence-corrected chi connectivity index (χ4v) is 2.12. The minimum atomic E-state index is -0.687. The Morgan fingerprint density at radius 3 is 3.13 bits per heavy atom. The lowest BCUT2D eigenvalue weighted by Crippen LogP contribution is -2.36. The summed E-state index contributed by atoms with van der Waals surface area (Å²) in [5.41, 5.74) is 1.00. The number of hydrogen-bond acceptors (Lipinski definition) is 3. The Balaban J connectivity index is 2.12. The van der Waals surface area contributed by atoms with Gasteiger partial charge in [0.15, 0.2) is 0 Å². The lowest BCUT2D eigenvalue weighted by molar-refractivity contribution is -0.144. The normalized spacial score (nSPS) is 27.8. The summed E-state index contributed by atoms with van der Waals surface area (Å²) in [6, 6.07) is 0.155. The number of imidazole rings is 1. The number of nitrogens with zero attached hydrogens (tertiary/aromatic N) is 2. The van der Waals surface area contributed by atoms with Gasteiger partial charge >= 0.3 is 5.97 Å². The van der Waals surface area contributed by atoms with Crippen molar-refractivity contribution < 1.29 is 9.90 Å². The molecule has 2 unspecified atom stereocenters. The van der Waals surface area contributed by atoms with Crippen molar-refractivity contribution in [2.24, 2.45) is 5.92 Å². The number of rotatable bonds is 2. The first kappa shape index (κ1) is 10.2. The van der Waals surface area contributed by atoms with Gasteiger partial charge in [0.2, 0.25) is 0 Å². The van der Waals surface area contributed by atoms with Crippen molar-refractivity contribution in [2.75, 3.05) is 13.6 Å². The maximum absolute atomic E-state index is 10.9. The average Bonchev–Trinajstić information content (AvgIpc) is 2.71. The number of aromatic nitrogens is 2. The Bertz CT molecular complexity index is 336. The molecule has 1 aromatic rings. The predicted octanol–water partition coefficient (Wildman–Crippen LogP) is 0.877. The molecule has 5 nitrogen and oxygen atoms in total. The smallest absolute Gasteiger partial charge is 0.306 e. The van der Waals surface area contributed by atoms with Crippen molar-refractivity contribution in [1.82, 2.24) is 14.9 Å². The van der Waals surface area contributed by atoms with E-state index in [0.29, 0.717) is 6.42 Å². The van der Waals surface area contributed by atoms with Gasteiger partial charge in [-0.15, -0.1) is 0 Å². The minimum Gasteiger partial charge on any atom is -0.481 e. The molecule has 0 radical (unpaired) electrons. The second kappa shape index (κ2) is 4.02. The molecule has 1 saturated heterocycles. The van der Waals surface area contributed by atoms with E-state index in [2.05, 4.69) is 14.9 Å². The second-order valence-corrected chi connectivity index (χ2v) is 4.06. The summed E-state index contributed by atoms with van der Waals surface area (Å²) in [5, 5.41) is 9.00. The lowest BCUT2D eigenvalue weighted by Gasteiger charge is -2.34. The largest absolute Gasteiger partial charge is 0.481 e. The third-order valence-corrected chi connectivity index (χ3v) is 3.10. The molecule has 5 heteroatoms. The van der Waals surface area contributed by atoms with Crippen LogP contribution in [0.15, 0.2) is 12.5 Å². The standard InChI is InChI=1S/C10H15N3O2/c1-13-3-2-7(10(14)15)4-9(13)8-5-11-6-12-8/h5-7,9H,2-4H2,1H3,(H,11,12)(H,14,15). The van der Waals surface area contributed by atoms with Crippen LogP contribution in [-0.2, 0) is 4.79 Å². The first-order valence-corrected chi connectivity index (χ1v) is 5.10. The van der Waals surface area contributed by atoms with E-state index in [1.807, 2.05) is 7.05 Å². The monoisotopic (exact) mass is 209 g/mol. The number of likely N-dealkylation sites (tertiary alicyclic amines) is 1. The maximum atomic E-state index is 10.9. The highest BCUT2D eigenvalue weighted by Gasteiger charge is 2.31. The number of aromatic amines is 1. The van der Waals surface area contributed by atoms with E-state index in [9.17, 15) is 4.79 Å². The van der Waals surface area contributed by atoms with Crippen molar-refractivity contribution in [1.29, 1.82) is 0 Å². The summed E-state index contributed by atoms with van der Waals surface area (Å²) in [7, 11) is 2.02. The Labute approximate surface area is 88.1 Å². The van der Waals surface area contributed by atoms with Crippen LogP contribution in [-0.4, -0.2) is 39.5 Å². The Kier molecular flexibility index (Phi) is 2.73. The molecule has 0 saturated carbocycles. The van der Waals surface area contributed by atoms with E-state index >= 15 is 0 Å². The summed E-state index contributed by atoms with van der Waals surface area (Å²) in [6.45, 7) is 0.820. The number of carboxylic acids is 1. The molecule has 0 amide bonds. The predicted molar refractivity (Wildman–Crippen MR) is 54.3 cm³/mol. The fourth-order valence-electron chi connectivity index (χ4n) is 2.12. The zero-order valence-electron chi connectivity index (χ0n) is 8.68. The molecule has 1 aliphatic rings. The topological polar surface area (TPSA) is 69.2 Å². The molecule has 2 N–H and O–H groups in total.